The molecule has 22 heavy (non-hydrogen) atoms. The summed E-state index contributed by atoms with van der Waals surface area (Å²) in [5, 5.41) is 22.2. The predicted octanol–water partition coefficient (Wildman–Crippen LogP) is 1.42. The predicted molar refractivity (Wildman–Crippen MR) is 87.4 cm³/mol. The van der Waals surface area contributed by atoms with E-state index in [1.807, 2.05) is 0 Å². The normalized spacial score (nSPS) is 15.4. The number of benzene rings is 1. The van der Waals surface area contributed by atoms with Gasteiger partial charge in [-0.3, -0.25) is 4.79 Å². The Morgan fingerprint density at radius 3 is 2.32 bits per heavy atom. The van der Waals surface area contributed by atoms with Crippen molar-refractivity contribution in [2.24, 2.45) is 17.6 Å². The van der Waals surface area contributed by atoms with Crippen molar-refractivity contribution in [3.63, 3.8) is 0 Å². The Bertz CT molecular complexity index is 459. The minimum absolute atomic E-state index is 0.0513. The average molecular weight is 308 g/mol. The fraction of sp³-hybridized carbons (Fsp3) is 0.588. The number of hydrogen-bond donors (Lipinski definition) is 4. The van der Waals surface area contributed by atoms with E-state index in [4.69, 9.17) is 5.73 Å². The quantitative estimate of drug-likeness (QED) is 0.584. The second-order valence-electron chi connectivity index (χ2n) is 6.28. The minimum Gasteiger partial charge on any atom is -0.508 e. The van der Waals surface area contributed by atoms with E-state index in [1.54, 1.807) is 31.3 Å². The Balaban J connectivity index is 2.61. The third-order valence-electron chi connectivity index (χ3n) is 3.80. The van der Waals surface area contributed by atoms with Crippen molar-refractivity contribution in [1.82, 2.24) is 5.32 Å². The number of phenolic OH excluding ortho intramolecular Hbond substituents is 1. The van der Waals surface area contributed by atoms with Gasteiger partial charge in [-0.1, -0.05) is 26.0 Å². The highest BCUT2D eigenvalue weighted by molar-refractivity contribution is 5.78. The van der Waals surface area contributed by atoms with Gasteiger partial charge in [0.05, 0.1) is 6.10 Å². The third-order valence-corrected chi connectivity index (χ3v) is 3.80. The lowest BCUT2D eigenvalue weighted by Gasteiger charge is -2.24. The molecule has 5 nitrogen and oxygen atoms in total. The van der Waals surface area contributed by atoms with E-state index in [2.05, 4.69) is 19.2 Å². The molecule has 0 aliphatic carbocycles. The molecule has 3 atom stereocenters. The fourth-order valence-electron chi connectivity index (χ4n) is 2.59. The minimum atomic E-state index is -0.741. The number of aliphatic hydroxyl groups excluding tert-OH is 1. The zero-order valence-electron chi connectivity index (χ0n) is 13.6. The first kappa shape index (κ1) is 18.5. The maximum absolute atomic E-state index is 11.9. The van der Waals surface area contributed by atoms with Crippen LogP contribution in [0.15, 0.2) is 24.3 Å². The van der Waals surface area contributed by atoms with Crippen LogP contribution in [0, 0.1) is 11.8 Å². The summed E-state index contributed by atoms with van der Waals surface area (Å²) in [6.07, 6.45) is 0.846. The molecule has 1 amide bonds. The molecule has 0 unspecified atom stereocenters. The number of carbonyl (C=O) groups excluding carboxylic acids is 1. The highest BCUT2D eigenvalue weighted by Gasteiger charge is 2.25. The molecule has 0 aromatic heterocycles. The van der Waals surface area contributed by atoms with Crippen molar-refractivity contribution in [3.05, 3.63) is 29.8 Å². The summed E-state index contributed by atoms with van der Waals surface area (Å²) in [7, 11) is 1.61. The largest absolute Gasteiger partial charge is 0.508 e. The monoisotopic (exact) mass is 308 g/mol. The average Bonchev–Trinajstić information content (AvgIpc) is 2.47. The molecule has 0 heterocycles. The molecule has 0 saturated heterocycles. The van der Waals surface area contributed by atoms with E-state index in [9.17, 15) is 15.0 Å². The van der Waals surface area contributed by atoms with Gasteiger partial charge in [0.25, 0.3) is 0 Å². The molecule has 0 fully saturated rings. The van der Waals surface area contributed by atoms with Gasteiger partial charge in [0.1, 0.15) is 5.75 Å². The molecule has 0 aliphatic rings. The lowest BCUT2D eigenvalue weighted by atomic mass is 9.88. The molecular weight excluding hydrogens is 280 g/mol. The number of nitrogens with two attached hydrogens (primary N) is 1. The molecule has 124 valence electrons. The Morgan fingerprint density at radius 1 is 1.23 bits per heavy atom. The number of phenols is 1. The van der Waals surface area contributed by atoms with Crippen LogP contribution in [-0.4, -0.2) is 35.3 Å². The molecule has 0 radical (unpaired) electrons. The maximum atomic E-state index is 11.9. The molecule has 5 heteroatoms. The van der Waals surface area contributed by atoms with Crippen LogP contribution in [0.1, 0.15) is 32.3 Å². The number of aromatic hydroxyl groups is 1. The summed E-state index contributed by atoms with van der Waals surface area (Å²) in [4.78, 5) is 11.9. The Hall–Kier alpha value is -1.59. The van der Waals surface area contributed by atoms with E-state index in [0.717, 1.165) is 12.0 Å². The van der Waals surface area contributed by atoms with Gasteiger partial charge < -0.3 is 21.3 Å². The second-order valence-corrected chi connectivity index (χ2v) is 6.28. The SMILES string of the molecule is CNC(=O)[C@H](CC(C)C)C[C@H](O)[C@@H](N)Cc1ccc(O)cc1. The molecule has 1 aromatic rings. The van der Waals surface area contributed by atoms with Crippen LogP contribution in [0.3, 0.4) is 0 Å². The van der Waals surface area contributed by atoms with Crippen molar-refractivity contribution in [2.75, 3.05) is 7.05 Å². The van der Waals surface area contributed by atoms with Crippen LogP contribution >= 0.6 is 0 Å². The number of nitrogens with one attached hydrogen (secondary N) is 1. The first-order chi connectivity index (χ1) is 10.3. The van der Waals surface area contributed by atoms with E-state index < -0.39 is 12.1 Å². The molecule has 1 aromatic carbocycles. The molecule has 5 N–H and O–H groups in total. The number of carbonyl (C=O) groups is 1. The topological polar surface area (TPSA) is 95.6 Å². The first-order valence-electron chi connectivity index (χ1n) is 7.76. The van der Waals surface area contributed by atoms with Gasteiger partial charge in [0, 0.05) is 19.0 Å². The fourth-order valence-corrected chi connectivity index (χ4v) is 2.59. The van der Waals surface area contributed by atoms with Crippen molar-refractivity contribution >= 4 is 5.91 Å². The summed E-state index contributed by atoms with van der Waals surface area (Å²) in [5.41, 5.74) is 7.01. The first-order valence-corrected chi connectivity index (χ1v) is 7.76. The summed E-state index contributed by atoms with van der Waals surface area (Å²) in [5.74, 6) is 0.299. The van der Waals surface area contributed by atoms with Crippen LogP contribution in [0.25, 0.3) is 0 Å². The molecule has 0 aliphatic heterocycles. The smallest absolute Gasteiger partial charge is 0.222 e. The van der Waals surface area contributed by atoms with E-state index in [0.29, 0.717) is 18.8 Å². The van der Waals surface area contributed by atoms with Gasteiger partial charge in [-0.15, -0.1) is 0 Å². The molecule has 1 rings (SSSR count). The van der Waals surface area contributed by atoms with Crippen molar-refractivity contribution in [1.29, 1.82) is 0 Å². The summed E-state index contributed by atoms with van der Waals surface area (Å²) >= 11 is 0. The van der Waals surface area contributed by atoms with Gasteiger partial charge in [-0.2, -0.15) is 0 Å². The Labute approximate surface area is 132 Å². The number of hydrogen-bond acceptors (Lipinski definition) is 4. The highest BCUT2D eigenvalue weighted by Crippen LogP contribution is 2.20. The number of rotatable bonds is 8. The van der Waals surface area contributed by atoms with Crippen LogP contribution in [0.2, 0.25) is 0 Å². The molecule has 0 bridgehead atoms. The van der Waals surface area contributed by atoms with Gasteiger partial charge in [-0.25, -0.2) is 0 Å². The zero-order valence-corrected chi connectivity index (χ0v) is 13.6. The zero-order chi connectivity index (χ0) is 16.7. The van der Waals surface area contributed by atoms with Crippen molar-refractivity contribution in [3.8, 4) is 5.75 Å². The van der Waals surface area contributed by atoms with Crippen LogP contribution in [0.5, 0.6) is 5.75 Å². The second kappa shape index (κ2) is 8.76. The van der Waals surface area contributed by atoms with Gasteiger partial charge in [-0.05, 0) is 42.9 Å². The molecular formula is C17H28N2O3. The van der Waals surface area contributed by atoms with E-state index >= 15 is 0 Å². The lowest BCUT2D eigenvalue weighted by Crippen LogP contribution is -2.40. The standard InChI is InChI=1S/C17H28N2O3/c1-11(2)8-13(17(22)19-3)10-16(21)15(18)9-12-4-6-14(20)7-5-12/h4-7,11,13,15-16,20-21H,8-10,18H2,1-3H3,(H,19,22)/t13-,15+,16+/m1/s1. The van der Waals surface area contributed by atoms with E-state index in [1.165, 1.54) is 0 Å². The maximum Gasteiger partial charge on any atom is 0.222 e. The number of amides is 1. The van der Waals surface area contributed by atoms with Crippen LogP contribution < -0.4 is 11.1 Å². The van der Waals surface area contributed by atoms with Crippen molar-refractivity contribution < 1.29 is 15.0 Å². The third kappa shape index (κ3) is 6.03. The van der Waals surface area contributed by atoms with Crippen molar-refractivity contribution in [2.45, 2.75) is 45.3 Å². The van der Waals surface area contributed by atoms with Crippen LogP contribution in [0.4, 0.5) is 0 Å². The summed E-state index contributed by atoms with van der Waals surface area (Å²) < 4.78 is 0. The Kier molecular flexibility index (Phi) is 7.35. The molecule has 0 spiro atoms. The summed E-state index contributed by atoms with van der Waals surface area (Å²) in [6, 6.07) is 6.32. The molecule has 0 saturated carbocycles. The number of aliphatic hydroxyl groups is 1. The van der Waals surface area contributed by atoms with Gasteiger partial charge >= 0.3 is 0 Å². The highest BCUT2D eigenvalue weighted by atomic mass is 16.3. The van der Waals surface area contributed by atoms with Gasteiger partial charge in [0.15, 0.2) is 0 Å². The Morgan fingerprint density at radius 2 is 1.82 bits per heavy atom. The lowest BCUT2D eigenvalue weighted by molar-refractivity contribution is -0.126. The summed E-state index contributed by atoms with van der Waals surface area (Å²) in [6.45, 7) is 4.11. The van der Waals surface area contributed by atoms with E-state index in [-0.39, 0.29) is 17.6 Å². The van der Waals surface area contributed by atoms with Crippen LogP contribution in [-0.2, 0) is 11.2 Å². The van der Waals surface area contributed by atoms with Gasteiger partial charge in [0.2, 0.25) is 5.91 Å².